The average Bonchev–Trinajstić information content (AvgIpc) is 2.38. The molecule has 0 aliphatic carbocycles. The van der Waals surface area contributed by atoms with Gasteiger partial charge in [0.05, 0.1) is 6.10 Å². The van der Waals surface area contributed by atoms with Gasteiger partial charge in [0.2, 0.25) is 0 Å². The van der Waals surface area contributed by atoms with Gasteiger partial charge in [0.15, 0.2) is 0 Å². The molecule has 18 heavy (non-hydrogen) atoms. The average molecular weight is 244 g/mol. The molecular weight excluding hydrogens is 220 g/mol. The maximum atomic E-state index is 10.5. The highest BCUT2D eigenvalue weighted by atomic mass is 16.3. The van der Waals surface area contributed by atoms with Crippen molar-refractivity contribution in [2.75, 3.05) is 0 Å². The summed E-state index contributed by atoms with van der Waals surface area (Å²) >= 11 is 0. The summed E-state index contributed by atoms with van der Waals surface area (Å²) < 4.78 is 0. The van der Waals surface area contributed by atoms with Crippen molar-refractivity contribution in [1.82, 2.24) is 0 Å². The molecule has 0 fully saturated rings. The van der Waals surface area contributed by atoms with Crippen molar-refractivity contribution in [1.29, 1.82) is 0 Å². The van der Waals surface area contributed by atoms with Crippen molar-refractivity contribution in [3.8, 4) is 0 Å². The Hall–Kier alpha value is -1.34. The normalized spacial score (nSPS) is 15.6. The van der Waals surface area contributed by atoms with Gasteiger partial charge in [0.25, 0.3) is 0 Å². The highest BCUT2D eigenvalue weighted by Gasteiger charge is 2.30. The van der Waals surface area contributed by atoms with Gasteiger partial charge in [0.1, 0.15) is 0 Å². The molecule has 1 heteroatoms. The van der Waals surface area contributed by atoms with Crippen LogP contribution in [-0.2, 0) is 0 Å². The van der Waals surface area contributed by atoms with Gasteiger partial charge in [-0.2, -0.15) is 0 Å². The predicted molar refractivity (Wildman–Crippen MR) is 78.4 cm³/mol. The molecule has 2 atom stereocenters. The summed E-state index contributed by atoms with van der Waals surface area (Å²) in [6.07, 6.45) is 5.46. The fraction of sp³-hybridized carbons (Fsp3) is 0.412. The van der Waals surface area contributed by atoms with E-state index in [0.717, 1.165) is 18.4 Å². The van der Waals surface area contributed by atoms with Crippen molar-refractivity contribution in [2.45, 2.75) is 39.7 Å². The minimum absolute atomic E-state index is 0.284. The summed E-state index contributed by atoms with van der Waals surface area (Å²) in [4.78, 5) is 0. The maximum Gasteiger partial charge on any atom is 0.0877 e. The standard InChI is InChI=1S/C17H24O/c1-5-17(4,13-9-10-14(2)3)16(18)15-11-7-6-8-12-15/h5-8,10-12,16,18H,1,9,13H2,2-4H3/t16-,17+/m1/s1. The van der Waals surface area contributed by atoms with Crippen LogP contribution in [0.3, 0.4) is 0 Å². The molecule has 0 saturated heterocycles. The summed E-state index contributed by atoms with van der Waals surface area (Å²) in [5.74, 6) is 0. The zero-order chi connectivity index (χ0) is 13.6. The minimum Gasteiger partial charge on any atom is -0.388 e. The highest BCUT2D eigenvalue weighted by Crippen LogP contribution is 2.39. The zero-order valence-electron chi connectivity index (χ0n) is 11.7. The van der Waals surface area contributed by atoms with Crippen LogP contribution in [0.1, 0.15) is 45.3 Å². The van der Waals surface area contributed by atoms with Crippen LogP contribution in [0.2, 0.25) is 0 Å². The van der Waals surface area contributed by atoms with Crippen molar-refractivity contribution >= 4 is 0 Å². The lowest BCUT2D eigenvalue weighted by Gasteiger charge is -2.31. The van der Waals surface area contributed by atoms with E-state index in [9.17, 15) is 5.11 Å². The van der Waals surface area contributed by atoms with Gasteiger partial charge in [-0.3, -0.25) is 0 Å². The topological polar surface area (TPSA) is 20.2 Å². The van der Waals surface area contributed by atoms with Crippen LogP contribution in [0.4, 0.5) is 0 Å². The van der Waals surface area contributed by atoms with Crippen molar-refractivity contribution in [2.24, 2.45) is 5.41 Å². The third-order valence-corrected chi connectivity index (χ3v) is 3.44. The summed E-state index contributed by atoms with van der Waals surface area (Å²) in [6.45, 7) is 10.2. The zero-order valence-corrected chi connectivity index (χ0v) is 11.7. The number of benzene rings is 1. The predicted octanol–water partition coefficient (Wildman–Crippen LogP) is 4.66. The van der Waals surface area contributed by atoms with Gasteiger partial charge in [0, 0.05) is 5.41 Å². The molecule has 1 aromatic rings. The Balaban J connectivity index is 2.80. The summed E-state index contributed by atoms with van der Waals surface area (Å²) in [7, 11) is 0. The molecule has 0 saturated carbocycles. The van der Waals surface area contributed by atoms with E-state index in [0.29, 0.717) is 0 Å². The van der Waals surface area contributed by atoms with Gasteiger partial charge in [-0.25, -0.2) is 0 Å². The third kappa shape index (κ3) is 3.85. The van der Waals surface area contributed by atoms with Gasteiger partial charge in [-0.1, -0.05) is 55.0 Å². The molecule has 0 bridgehead atoms. The van der Waals surface area contributed by atoms with E-state index in [1.54, 1.807) is 0 Å². The van der Waals surface area contributed by atoms with E-state index < -0.39 is 6.10 Å². The lowest BCUT2D eigenvalue weighted by molar-refractivity contribution is 0.0646. The molecule has 0 amide bonds. The largest absolute Gasteiger partial charge is 0.388 e. The first-order chi connectivity index (χ1) is 8.49. The Morgan fingerprint density at radius 2 is 1.94 bits per heavy atom. The Morgan fingerprint density at radius 1 is 1.33 bits per heavy atom. The van der Waals surface area contributed by atoms with Crippen molar-refractivity contribution in [3.63, 3.8) is 0 Å². The molecule has 1 aromatic carbocycles. The lowest BCUT2D eigenvalue weighted by Crippen LogP contribution is -2.23. The molecule has 0 aromatic heterocycles. The minimum atomic E-state index is -0.498. The molecule has 0 heterocycles. The van der Waals surface area contributed by atoms with Crippen LogP contribution in [0.15, 0.2) is 54.6 Å². The smallest absolute Gasteiger partial charge is 0.0877 e. The van der Waals surface area contributed by atoms with Crippen LogP contribution in [0.25, 0.3) is 0 Å². The SMILES string of the molecule is C=C[C@@](C)(CCC=C(C)C)[C@H](O)c1ccccc1. The van der Waals surface area contributed by atoms with E-state index >= 15 is 0 Å². The summed E-state index contributed by atoms with van der Waals surface area (Å²) in [5.41, 5.74) is 1.99. The van der Waals surface area contributed by atoms with E-state index in [-0.39, 0.29) is 5.41 Å². The van der Waals surface area contributed by atoms with Crippen LogP contribution in [0.5, 0.6) is 0 Å². The number of allylic oxidation sites excluding steroid dienone is 2. The fourth-order valence-electron chi connectivity index (χ4n) is 2.04. The molecule has 0 unspecified atom stereocenters. The van der Waals surface area contributed by atoms with E-state index in [1.807, 2.05) is 36.4 Å². The molecule has 0 spiro atoms. The third-order valence-electron chi connectivity index (χ3n) is 3.44. The number of aliphatic hydroxyl groups excluding tert-OH is 1. The van der Waals surface area contributed by atoms with E-state index in [4.69, 9.17) is 0 Å². The second-order valence-electron chi connectivity index (χ2n) is 5.34. The van der Waals surface area contributed by atoms with Gasteiger partial charge < -0.3 is 5.11 Å². The molecule has 0 aliphatic heterocycles. The number of hydrogen-bond acceptors (Lipinski definition) is 1. The summed E-state index contributed by atoms with van der Waals surface area (Å²) in [5, 5.41) is 10.5. The molecule has 0 aliphatic rings. The molecule has 1 rings (SSSR count). The van der Waals surface area contributed by atoms with E-state index in [1.165, 1.54) is 5.57 Å². The van der Waals surface area contributed by atoms with Gasteiger partial charge >= 0.3 is 0 Å². The second-order valence-corrected chi connectivity index (χ2v) is 5.34. The highest BCUT2D eigenvalue weighted by molar-refractivity contribution is 5.21. The summed E-state index contributed by atoms with van der Waals surface area (Å²) in [6, 6.07) is 9.81. The monoisotopic (exact) mass is 244 g/mol. The van der Waals surface area contributed by atoms with Crippen LogP contribution >= 0.6 is 0 Å². The first-order valence-corrected chi connectivity index (χ1v) is 6.49. The Labute approximate surface area is 111 Å². The molecular formula is C17H24O. The second kappa shape index (κ2) is 6.55. The van der Waals surface area contributed by atoms with Crippen molar-refractivity contribution in [3.05, 3.63) is 60.2 Å². The Morgan fingerprint density at radius 3 is 2.44 bits per heavy atom. The number of rotatable bonds is 6. The molecule has 0 radical (unpaired) electrons. The van der Waals surface area contributed by atoms with Gasteiger partial charge in [-0.15, -0.1) is 6.58 Å². The molecule has 1 nitrogen and oxygen atoms in total. The van der Waals surface area contributed by atoms with Crippen LogP contribution < -0.4 is 0 Å². The fourth-order valence-corrected chi connectivity index (χ4v) is 2.04. The van der Waals surface area contributed by atoms with Crippen LogP contribution in [0, 0.1) is 5.41 Å². The maximum absolute atomic E-state index is 10.5. The Kier molecular flexibility index (Phi) is 5.36. The lowest BCUT2D eigenvalue weighted by atomic mass is 9.77. The molecule has 1 N–H and O–H groups in total. The first kappa shape index (κ1) is 14.7. The number of aliphatic hydroxyl groups is 1. The van der Waals surface area contributed by atoms with Gasteiger partial charge in [-0.05, 0) is 32.3 Å². The van der Waals surface area contributed by atoms with Crippen LogP contribution in [-0.4, -0.2) is 5.11 Å². The van der Waals surface area contributed by atoms with Crippen molar-refractivity contribution < 1.29 is 5.11 Å². The van der Waals surface area contributed by atoms with E-state index in [2.05, 4.69) is 33.4 Å². The Bertz CT molecular complexity index is 401. The number of hydrogen-bond donors (Lipinski definition) is 1. The molecule has 98 valence electrons. The first-order valence-electron chi connectivity index (χ1n) is 6.49. The quantitative estimate of drug-likeness (QED) is 0.722.